The summed E-state index contributed by atoms with van der Waals surface area (Å²) in [6.45, 7) is 3.94. The van der Waals surface area contributed by atoms with Crippen LogP contribution in [0.3, 0.4) is 0 Å². The van der Waals surface area contributed by atoms with E-state index in [0.717, 1.165) is 16.3 Å². The fourth-order valence-electron chi connectivity index (χ4n) is 1.68. The molecule has 8 nitrogen and oxygen atoms in total. The highest BCUT2D eigenvalue weighted by Crippen LogP contribution is 2.26. The van der Waals surface area contributed by atoms with Crippen LogP contribution in [0.5, 0.6) is 0 Å². The first-order valence-electron chi connectivity index (χ1n) is 5.97. The summed E-state index contributed by atoms with van der Waals surface area (Å²) >= 11 is 1.56. The van der Waals surface area contributed by atoms with E-state index in [0.29, 0.717) is 6.54 Å². The number of nitrogen functional groups attached to an aromatic ring is 1. The van der Waals surface area contributed by atoms with Crippen LogP contribution in [-0.4, -0.2) is 19.9 Å². The fraction of sp³-hybridized carbons (Fsp3) is 0.364. The molecule has 0 aliphatic rings. The van der Waals surface area contributed by atoms with Crippen LogP contribution in [0.4, 0.5) is 17.5 Å². The first-order chi connectivity index (χ1) is 9.51. The fourth-order valence-corrected chi connectivity index (χ4v) is 2.49. The summed E-state index contributed by atoms with van der Waals surface area (Å²) in [5.74, 6) is 0.122. The number of nitro groups is 1. The number of nitrogens with one attached hydrogen (secondary N) is 1. The largest absolute Gasteiger partial charge is 0.368 e. The predicted octanol–water partition coefficient (Wildman–Crippen LogP) is 1.91. The number of hydrogen-bond acceptors (Lipinski definition) is 8. The second-order valence-corrected chi connectivity index (χ2v) is 5.25. The van der Waals surface area contributed by atoms with Gasteiger partial charge >= 0.3 is 5.69 Å². The first kappa shape index (κ1) is 14.1. The molecule has 2 rings (SSSR count). The Morgan fingerprint density at radius 1 is 1.50 bits per heavy atom. The third-order valence-electron chi connectivity index (χ3n) is 2.62. The van der Waals surface area contributed by atoms with Gasteiger partial charge in [-0.05, 0) is 13.3 Å². The van der Waals surface area contributed by atoms with Gasteiger partial charge in [0.15, 0.2) is 0 Å². The van der Waals surface area contributed by atoms with Crippen molar-refractivity contribution >= 4 is 28.8 Å². The van der Waals surface area contributed by atoms with Gasteiger partial charge in [-0.1, -0.05) is 6.92 Å². The lowest BCUT2D eigenvalue weighted by atomic mass is 10.3. The summed E-state index contributed by atoms with van der Waals surface area (Å²) < 4.78 is 0. The van der Waals surface area contributed by atoms with E-state index in [1.807, 2.05) is 6.92 Å². The average molecular weight is 294 g/mol. The number of nitrogens with zero attached hydrogens (tertiary/aromatic N) is 4. The summed E-state index contributed by atoms with van der Waals surface area (Å²) in [5.41, 5.74) is 5.60. The third-order valence-corrected chi connectivity index (χ3v) is 3.76. The molecular formula is C11H14N6O2S. The lowest BCUT2D eigenvalue weighted by molar-refractivity contribution is -0.385. The van der Waals surface area contributed by atoms with Crippen LogP contribution in [0, 0.1) is 17.0 Å². The van der Waals surface area contributed by atoms with Gasteiger partial charge < -0.3 is 11.1 Å². The molecule has 9 heteroatoms. The molecular weight excluding hydrogens is 280 g/mol. The summed E-state index contributed by atoms with van der Waals surface area (Å²) in [7, 11) is 0. The maximum atomic E-state index is 11.0. The summed E-state index contributed by atoms with van der Waals surface area (Å²) in [4.78, 5) is 23.6. The summed E-state index contributed by atoms with van der Waals surface area (Å²) in [6.07, 6.45) is 2.72. The number of aryl methyl sites for hydroxylation is 2. The maximum Gasteiger partial charge on any atom is 0.332 e. The zero-order valence-corrected chi connectivity index (χ0v) is 11.9. The average Bonchev–Trinajstić information content (AvgIpc) is 2.82. The van der Waals surface area contributed by atoms with Crippen LogP contribution < -0.4 is 11.1 Å². The SMILES string of the molecule is CCc1cnc(CNc2nc(N)nc(C)c2[N+](=O)[O-])s1. The Kier molecular flexibility index (Phi) is 4.08. The molecule has 0 saturated carbocycles. The van der Waals surface area contributed by atoms with Crippen molar-refractivity contribution in [2.75, 3.05) is 11.1 Å². The molecule has 0 amide bonds. The molecule has 0 saturated heterocycles. The molecule has 0 fully saturated rings. The van der Waals surface area contributed by atoms with Gasteiger partial charge in [0.2, 0.25) is 11.8 Å². The van der Waals surface area contributed by atoms with E-state index >= 15 is 0 Å². The smallest absolute Gasteiger partial charge is 0.332 e. The van der Waals surface area contributed by atoms with Crippen LogP contribution >= 0.6 is 11.3 Å². The van der Waals surface area contributed by atoms with Crippen LogP contribution in [-0.2, 0) is 13.0 Å². The van der Waals surface area contributed by atoms with E-state index in [1.54, 1.807) is 17.5 Å². The molecule has 3 N–H and O–H groups in total. The van der Waals surface area contributed by atoms with Gasteiger partial charge in [0.25, 0.3) is 0 Å². The number of thiazole rings is 1. The van der Waals surface area contributed by atoms with E-state index in [2.05, 4.69) is 20.3 Å². The molecule has 20 heavy (non-hydrogen) atoms. The Balaban J connectivity index is 2.22. The Hall–Kier alpha value is -2.29. The molecule has 0 atom stereocenters. The van der Waals surface area contributed by atoms with Crippen molar-refractivity contribution in [3.05, 3.63) is 31.9 Å². The topological polar surface area (TPSA) is 120 Å². The maximum absolute atomic E-state index is 11.0. The molecule has 0 aliphatic heterocycles. The zero-order valence-electron chi connectivity index (χ0n) is 11.1. The van der Waals surface area contributed by atoms with E-state index in [-0.39, 0.29) is 23.1 Å². The van der Waals surface area contributed by atoms with Gasteiger partial charge in [0.1, 0.15) is 10.7 Å². The number of anilines is 2. The second-order valence-electron chi connectivity index (χ2n) is 4.05. The molecule has 0 unspecified atom stereocenters. The van der Waals surface area contributed by atoms with Crippen LogP contribution in [0.25, 0.3) is 0 Å². The summed E-state index contributed by atoms with van der Waals surface area (Å²) in [5, 5.41) is 14.8. The van der Waals surface area contributed by atoms with Crippen molar-refractivity contribution in [3.63, 3.8) is 0 Å². The van der Waals surface area contributed by atoms with Crippen molar-refractivity contribution < 1.29 is 4.92 Å². The molecule has 106 valence electrons. The minimum Gasteiger partial charge on any atom is -0.368 e. The number of nitrogens with two attached hydrogens (primary N) is 1. The van der Waals surface area contributed by atoms with E-state index in [9.17, 15) is 10.1 Å². The van der Waals surface area contributed by atoms with Gasteiger partial charge in [0, 0.05) is 11.1 Å². The van der Waals surface area contributed by atoms with Gasteiger partial charge in [-0.3, -0.25) is 10.1 Å². The molecule has 0 aliphatic carbocycles. The molecule has 0 radical (unpaired) electrons. The van der Waals surface area contributed by atoms with E-state index in [4.69, 9.17) is 5.73 Å². The molecule has 0 aromatic carbocycles. The minimum atomic E-state index is -0.517. The molecule has 2 aromatic heterocycles. The molecule has 0 bridgehead atoms. The van der Waals surface area contributed by atoms with Gasteiger partial charge in [0.05, 0.1) is 11.5 Å². The Morgan fingerprint density at radius 2 is 2.25 bits per heavy atom. The first-order valence-corrected chi connectivity index (χ1v) is 6.78. The van der Waals surface area contributed by atoms with Gasteiger partial charge in [-0.25, -0.2) is 9.97 Å². The number of aromatic nitrogens is 3. The van der Waals surface area contributed by atoms with Crippen molar-refractivity contribution in [2.45, 2.75) is 26.8 Å². The lowest BCUT2D eigenvalue weighted by Crippen LogP contribution is -2.09. The Morgan fingerprint density at radius 3 is 2.85 bits per heavy atom. The minimum absolute atomic E-state index is 0.00369. The molecule has 2 aromatic rings. The second kappa shape index (κ2) is 5.78. The summed E-state index contributed by atoms with van der Waals surface area (Å²) in [6, 6.07) is 0. The van der Waals surface area contributed by atoms with E-state index < -0.39 is 4.92 Å². The standard InChI is InChI=1S/C11H14N6O2S/c1-3-7-4-13-8(20-7)5-14-10-9(17(18)19)6(2)15-11(12)16-10/h4H,3,5H2,1-2H3,(H3,12,14,15,16). The quantitative estimate of drug-likeness (QED) is 0.638. The monoisotopic (exact) mass is 294 g/mol. The Bertz CT molecular complexity index is 642. The van der Waals surface area contributed by atoms with Crippen molar-refractivity contribution in [3.8, 4) is 0 Å². The number of rotatable bonds is 5. The third kappa shape index (κ3) is 2.99. The van der Waals surface area contributed by atoms with Crippen LogP contribution in [0.15, 0.2) is 6.20 Å². The zero-order chi connectivity index (χ0) is 14.7. The highest BCUT2D eigenvalue weighted by molar-refractivity contribution is 7.11. The molecule has 2 heterocycles. The number of hydrogen-bond donors (Lipinski definition) is 2. The van der Waals surface area contributed by atoms with Crippen molar-refractivity contribution in [1.29, 1.82) is 0 Å². The van der Waals surface area contributed by atoms with Crippen molar-refractivity contribution in [1.82, 2.24) is 15.0 Å². The van der Waals surface area contributed by atoms with Crippen LogP contribution in [0.2, 0.25) is 0 Å². The van der Waals surface area contributed by atoms with Crippen molar-refractivity contribution in [2.24, 2.45) is 0 Å². The normalized spacial score (nSPS) is 10.5. The molecule has 0 spiro atoms. The predicted molar refractivity (Wildman–Crippen MR) is 76.7 cm³/mol. The Labute approximate surface area is 119 Å². The van der Waals surface area contributed by atoms with Gasteiger partial charge in [-0.2, -0.15) is 4.98 Å². The highest BCUT2D eigenvalue weighted by atomic mass is 32.1. The van der Waals surface area contributed by atoms with Gasteiger partial charge in [-0.15, -0.1) is 11.3 Å². The van der Waals surface area contributed by atoms with Crippen LogP contribution in [0.1, 0.15) is 22.5 Å². The van der Waals surface area contributed by atoms with E-state index in [1.165, 1.54) is 6.92 Å². The lowest BCUT2D eigenvalue weighted by Gasteiger charge is -2.06. The highest BCUT2D eigenvalue weighted by Gasteiger charge is 2.21.